The second-order valence-electron chi connectivity index (χ2n) is 7.06. The molecule has 0 radical (unpaired) electrons. The van der Waals surface area contributed by atoms with Gasteiger partial charge in [-0.25, -0.2) is 0 Å². The molecule has 0 saturated carbocycles. The summed E-state index contributed by atoms with van der Waals surface area (Å²) in [7, 11) is 0. The molecule has 1 aromatic heterocycles. The Bertz CT molecular complexity index is 830. The first-order valence-corrected chi connectivity index (χ1v) is 9.36. The zero-order valence-electron chi connectivity index (χ0n) is 14.5. The van der Waals surface area contributed by atoms with Gasteiger partial charge < -0.3 is 9.84 Å². The van der Waals surface area contributed by atoms with Gasteiger partial charge in [0.1, 0.15) is 0 Å². The molecule has 126 valence electrons. The molecule has 1 aliphatic heterocycles. The van der Waals surface area contributed by atoms with Gasteiger partial charge in [0.2, 0.25) is 0 Å². The Morgan fingerprint density at radius 3 is 2.79 bits per heavy atom. The zero-order chi connectivity index (χ0) is 16.4. The number of aromatic nitrogens is 1. The molecule has 0 spiro atoms. The first-order valence-electron chi connectivity index (χ1n) is 9.36. The molecule has 24 heavy (non-hydrogen) atoms. The van der Waals surface area contributed by atoms with Gasteiger partial charge in [0.25, 0.3) is 0 Å². The monoisotopic (exact) mass is 322 g/mol. The van der Waals surface area contributed by atoms with Gasteiger partial charge in [-0.3, -0.25) is 0 Å². The predicted octanol–water partition coefficient (Wildman–Crippen LogP) is 4.87. The molecular weight excluding hydrogens is 296 g/mol. The van der Waals surface area contributed by atoms with E-state index in [1.807, 2.05) is 0 Å². The van der Waals surface area contributed by atoms with Crippen molar-refractivity contribution in [2.45, 2.75) is 45.4 Å². The van der Waals surface area contributed by atoms with E-state index in [9.17, 15) is 0 Å². The normalized spacial score (nSPS) is 16.2. The Labute approximate surface area is 143 Å². The Balaban J connectivity index is 1.69. The number of piperidine rings is 1. The maximum atomic E-state index is 5.82. The molecule has 0 atom stereocenters. The number of nitrogens with zero attached hydrogens (tertiary/aromatic N) is 1. The number of rotatable bonds is 5. The van der Waals surface area contributed by atoms with E-state index in [0.29, 0.717) is 0 Å². The van der Waals surface area contributed by atoms with E-state index in [2.05, 4.69) is 47.7 Å². The molecule has 3 aromatic rings. The predicted molar refractivity (Wildman–Crippen MR) is 99.4 cm³/mol. The molecule has 0 unspecified atom stereocenters. The van der Waals surface area contributed by atoms with Gasteiger partial charge in [0.05, 0.1) is 5.69 Å². The summed E-state index contributed by atoms with van der Waals surface area (Å²) in [6.45, 7) is 4.55. The van der Waals surface area contributed by atoms with Crippen molar-refractivity contribution in [2.75, 3.05) is 13.1 Å². The summed E-state index contributed by atoms with van der Waals surface area (Å²) in [6, 6.07) is 10.9. The van der Waals surface area contributed by atoms with E-state index in [1.165, 1.54) is 41.0 Å². The fraction of sp³-hybridized carbons (Fsp3) is 0.476. The molecule has 1 saturated heterocycles. The fourth-order valence-corrected chi connectivity index (χ4v) is 4.06. The zero-order valence-corrected chi connectivity index (χ0v) is 14.5. The van der Waals surface area contributed by atoms with Gasteiger partial charge in [-0.15, -0.1) is 0 Å². The van der Waals surface area contributed by atoms with Crippen LogP contribution in [0.1, 0.15) is 43.9 Å². The third kappa shape index (κ3) is 2.93. The van der Waals surface area contributed by atoms with Crippen molar-refractivity contribution in [2.24, 2.45) is 5.92 Å². The maximum Gasteiger partial charge on any atom is 0.170 e. The van der Waals surface area contributed by atoms with E-state index in [1.54, 1.807) is 0 Å². The average Bonchev–Trinajstić information content (AvgIpc) is 3.03. The van der Waals surface area contributed by atoms with E-state index in [0.717, 1.165) is 49.5 Å². The molecule has 4 rings (SSSR count). The molecule has 1 aliphatic rings. The molecule has 2 aromatic carbocycles. The Hall–Kier alpha value is -1.87. The summed E-state index contributed by atoms with van der Waals surface area (Å²) in [5, 5.41) is 11.7. The SMILES string of the molecule is CCCc1c2ccccc2cc2c(CCC3CCNCC3)noc12. The van der Waals surface area contributed by atoms with Crippen molar-refractivity contribution in [1.29, 1.82) is 0 Å². The molecule has 0 bridgehead atoms. The lowest BCUT2D eigenvalue weighted by atomic mass is 9.91. The summed E-state index contributed by atoms with van der Waals surface area (Å²) in [5.41, 5.74) is 3.48. The Morgan fingerprint density at radius 1 is 1.12 bits per heavy atom. The van der Waals surface area contributed by atoms with Crippen molar-refractivity contribution >= 4 is 21.7 Å². The van der Waals surface area contributed by atoms with Crippen LogP contribution < -0.4 is 5.32 Å². The van der Waals surface area contributed by atoms with E-state index >= 15 is 0 Å². The third-order valence-corrected chi connectivity index (χ3v) is 5.41. The second-order valence-corrected chi connectivity index (χ2v) is 7.06. The average molecular weight is 322 g/mol. The Kier molecular flexibility index (Phi) is 4.52. The molecule has 0 amide bonds. The van der Waals surface area contributed by atoms with Crippen LogP contribution in [0.5, 0.6) is 0 Å². The van der Waals surface area contributed by atoms with Crippen molar-refractivity contribution in [1.82, 2.24) is 10.5 Å². The smallest absolute Gasteiger partial charge is 0.170 e. The standard InChI is InChI=1S/C21H26N2O/c1-2-5-18-17-7-4-3-6-16(17)14-19-20(23-24-21(18)19)9-8-15-10-12-22-13-11-15/h3-4,6-7,14-15,22H,2,5,8-13H2,1H3. The molecule has 3 nitrogen and oxygen atoms in total. The van der Waals surface area contributed by atoms with Crippen LogP contribution in [0.2, 0.25) is 0 Å². The van der Waals surface area contributed by atoms with E-state index in [-0.39, 0.29) is 0 Å². The highest BCUT2D eigenvalue weighted by Crippen LogP contribution is 2.32. The van der Waals surface area contributed by atoms with Crippen LogP contribution in [0.15, 0.2) is 34.9 Å². The minimum atomic E-state index is 0.827. The van der Waals surface area contributed by atoms with Crippen molar-refractivity contribution in [3.05, 3.63) is 41.6 Å². The number of aryl methyl sites for hydroxylation is 2. The fourth-order valence-electron chi connectivity index (χ4n) is 4.06. The minimum absolute atomic E-state index is 0.827. The largest absolute Gasteiger partial charge is 0.356 e. The first kappa shape index (κ1) is 15.6. The summed E-state index contributed by atoms with van der Waals surface area (Å²) < 4.78 is 5.82. The first-order chi connectivity index (χ1) is 11.9. The Morgan fingerprint density at radius 2 is 1.96 bits per heavy atom. The van der Waals surface area contributed by atoms with Crippen molar-refractivity contribution < 1.29 is 4.52 Å². The van der Waals surface area contributed by atoms with Crippen LogP contribution in [0.3, 0.4) is 0 Å². The number of benzene rings is 2. The van der Waals surface area contributed by atoms with Gasteiger partial charge in [-0.2, -0.15) is 0 Å². The van der Waals surface area contributed by atoms with E-state index in [4.69, 9.17) is 4.52 Å². The maximum absolute atomic E-state index is 5.82. The second kappa shape index (κ2) is 6.94. The van der Waals surface area contributed by atoms with Gasteiger partial charge in [-0.05, 0) is 68.0 Å². The quantitative estimate of drug-likeness (QED) is 0.728. The van der Waals surface area contributed by atoms with Crippen LogP contribution in [0.4, 0.5) is 0 Å². The van der Waals surface area contributed by atoms with Crippen LogP contribution >= 0.6 is 0 Å². The van der Waals surface area contributed by atoms with Gasteiger partial charge in [-0.1, -0.05) is 42.8 Å². The number of nitrogens with one attached hydrogen (secondary N) is 1. The van der Waals surface area contributed by atoms with Crippen LogP contribution in [-0.4, -0.2) is 18.2 Å². The molecule has 2 heterocycles. The molecular formula is C21H26N2O. The van der Waals surface area contributed by atoms with Gasteiger partial charge in [0.15, 0.2) is 5.58 Å². The summed E-state index contributed by atoms with van der Waals surface area (Å²) >= 11 is 0. The van der Waals surface area contributed by atoms with Crippen molar-refractivity contribution in [3.63, 3.8) is 0 Å². The number of hydrogen-bond donors (Lipinski definition) is 1. The highest BCUT2D eigenvalue weighted by atomic mass is 16.5. The van der Waals surface area contributed by atoms with Crippen LogP contribution in [0, 0.1) is 5.92 Å². The highest BCUT2D eigenvalue weighted by molar-refractivity contribution is 6.00. The highest BCUT2D eigenvalue weighted by Gasteiger charge is 2.18. The van der Waals surface area contributed by atoms with Crippen molar-refractivity contribution in [3.8, 4) is 0 Å². The third-order valence-electron chi connectivity index (χ3n) is 5.41. The van der Waals surface area contributed by atoms with Gasteiger partial charge in [0, 0.05) is 10.9 Å². The summed E-state index contributed by atoms with van der Waals surface area (Å²) in [5.74, 6) is 0.827. The molecule has 1 fully saturated rings. The van der Waals surface area contributed by atoms with Crippen LogP contribution in [0.25, 0.3) is 21.7 Å². The number of fused-ring (bicyclic) bond motifs is 2. The molecule has 0 aliphatic carbocycles. The van der Waals surface area contributed by atoms with Crippen LogP contribution in [-0.2, 0) is 12.8 Å². The van der Waals surface area contributed by atoms with Gasteiger partial charge >= 0.3 is 0 Å². The number of hydrogen-bond acceptors (Lipinski definition) is 3. The lowest BCUT2D eigenvalue weighted by molar-refractivity contribution is 0.350. The van der Waals surface area contributed by atoms with E-state index < -0.39 is 0 Å². The molecule has 1 N–H and O–H groups in total. The topological polar surface area (TPSA) is 38.1 Å². The summed E-state index contributed by atoms with van der Waals surface area (Å²) in [4.78, 5) is 0. The lowest BCUT2D eigenvalue weighted by Gasteiger charge is -2.21. The molecule has 3 heteroatoms. The lowest BCUT2D eigenvalue weighted by Crippen LogP contribution is -2.27. The summed E-state index contributed by atoms with van der Waals surface area (Å²) in [6.07, 6.45) is 7.00. The minimum Gasteiger partial charge on any atom is -0.356 e.